The first-order valence-electron chi connectivity index (χ1n) is 7.59. The molecular weight excluding hydrogens is 396 g/mol. The lowest BCUT2D eigenvalue weighted by Crippen LogP contribution is -2.08. The predicted molar refractivity (Wildman–Crippen MR) is 101 cm³/mol. The van der Waals surface area contributed by atoms with Crippen LogP contribution in [0, 0.1) is 11.3 Å². The lowest BCUT2D eigenvalue weighted by atomic mass is 10.1. The molecule has 1 heterocycles. The third-order valence-corrected chi connectivity index (χ3v) is 4.16. The van der Waals surface area contributed by atoms with Gasteiger partial charge in [0.05, 0.1) is 23.2 Å². The Hall–Kier alpha value is -3.24. The number of carbonyl (C=O) groups excluding carboxylic acids is 1. The molecule has 0 aliphatic rings. The molecular formula is C19H13BrN4O2. The van der Waals surface area contributed by atoms with Gasteiger partial charge in [0.25, 0.3) is 0 Å². The Kier molecular flexibility index (Phi) is 5.25. The number of methoxy groups -OCH3 is 1. The van der Waals surface area contributed by atoms with Crippen LogP contribution >= 0.6 is 15.9 Å². The van der Waals surface area contributed by atoms with E-state index in [1.807, 2.05) is 0 Å². The van der Waals surface area contributed by atoms with Crippen LogP contribution in [0.1, 0.15) is 21.6 Å². The van der Waals surface area contributed by atoms with Crippen LogP contribution < -0.4 is 10.1 Å². The van der Waals surface area contributed by atoms with Gasteiger partial charge in [-0.05, 0) is 64.5 Å². The number of carbonyl (C=O) groups is 1. The predicted octanol–water partition coefficient (Wildman–Crippen LogP) is 4.09. The molecule has 128 valence electrons. The van der Waals surface area contributed by atoms with Gasteiger partial charge in [0.1, 0.15) is 11.4 Å². The smallest absolute Gasteiger partial charge is 0.227 e. The van der Waals surface area contributed by atoms with Crippen molar-refractivity contribution in [2.45, 2.75) is 0 Å². The van der Waals surface area contributed by atoms with Crippen molar-refractivity contribution in [2.75, 3.05) is 12.4 Å². The van der Waals surface area contributed by atoms with Crippen LogP contribution in [-0.4, -0.2) is 22.9 Å². The third kappa shape index (κ3) is 3.87. The Labute approximate surface area is 158 Å². The molecule has 0 atom stereocenters. The van der Waals surface area contributed by atoms with Gasteiger partial charge in [-0.15, -0.1) is 0 Å². The molecule has 6 nitrogen and oxygen atoms in total. The summed E-state index contributed by atoms with van der Waals surface area (Å²) >= 11 is 3.33. The molecule has 0 fully saturated rings. The second kappa shape index (κ2) is 7.76. The van der Waals surface area contributed by atoms with E-state index in [9.17, 15) is 4.79 Å². The molecule has 0 radical (unpaired) electrons. The Balaban J connectivity index is 1.86. The molecule has 0 aliphatic carbocycles. The van der Waals surface area contributed by atoms with Crippen molar-refractivity contribution in [1.82, 2.24) is 9.97 Å². The molecule has 0 saturated heterocycles. The highest BCUT2D eigenvalue weighted by Gasteiger charge is 2.16. The van der Waals surface area contributed by atoms with Crippen LogP contribution in [0.25, 0.3) is 0 Å². The number of nitriles is 1. The summed E-state index contributed by atoms with van der Waals surface area (Å²) in [5.41, 5.74) is 2.02. The first kappa shape index (κ1) is 17.6. The second-order valence-electron chi connectivity index (χ2n) is 5.26. The first-order chi connectivity index (χ1) is 12.6. The molecule has 0 aliphatic heterocycles. The molecule has 0 spiro atoms. The molecule has 0 bridgehead atoms. The maximum atomic E-state index is 12.7. The van der Waals surface area contributed by atoms with Crippen molar-refractivity contribution in [2.24, 2.45) is 0 Å². The average molecular weight is 409 g/mol. The highest BCUT2D eigenvalue weighted by molar-refractivity contribution is 9.10. The van der Waals surface area contributed by atoms with Gasteiger partial charge in [0.2, 0.25) is 11.7 Å². The highest BCUT2D eigenvalue weighted by Crippen LogP contribution is 2.22. The molecule has 0 saturated carbocycles. The number of rotatable bonds is 5. The summed E-state index contributed by atoms with van der Waals surface area (Å²) < 4.78 is 5.61. The summed E-state index contributed by atoms with van der Waals surface area (Å²) in [6.07, 6.45) is 1.52. The van der Waals surface area contributed by atoms with E-state index in [1.54, 1.807) is 55.6 Å². The summed E-state index contributed by atoms with van der Waals surface area (Å²) in [6, 6.07) is 15.7. The number of hydrogen-bond donors (Lipinski definition) is 1. The van der Waals surface area contributed by atoms with Crippen molar-refractivity contribution in [3.63, 3.8) is 0 Å². The minimum absolute atomic E-state index is 0.232. The van der Waals surface area contributed by atoms with E-state index in [1.165, 1.54) is 6.20 Å². The van der Waals surface area contributed by atoms with Gasteiger partial charge in [0, 0.05) is 17.4 Å². The maximum absolute atomic E-state index is 12.7. The standard InChI is InChI=1S/C19H13BrN4O2/c1-26-15-8-4-13(5-9-15)18(25)17-16(20)11-22-19(24-17)23-14-6-2-12(10-21)3-7-14/h2-9,11H,1H3,(H,22,23,24). The van der Waals surface area contributed by atoms with Crippen molar-refractivity contribution >= 4 is 33.3 Å². The summed E-state index contributed by atoms with van der Waals surface area (Å²) in [5.74, 6) is 0.728. The number of benzene rings is 2. The number of hydrogen-bond acceptors (Lipinski definition) is 6. The van der Waals surface area contributed by atoms with Crippen molar-refractivity contribution < 1.29 is 9.53 Å². The Bertz CT molecular complexity index is 980. The first-order valence-corrected chi connectivity index (χ1v) is 8.38. The van der Waals surface area contributed by atoms with Gasteiger partial charge in [-0.1, -0.05) is 0 Å². The minimum Gasteiger partial charge on any atom is -0.497 e. The molecule has 3 rings (SSSR count). The monoisotopic (exact) mass is 408 g/mol. The fraction of sp³-hybridized carbons (Fsp3) is 0.0526. The molecule has 26 heavy (non-hydrogen) atoms. The van der Waals surface area contributed by atoms with E-state index in [-0.39, 0.29) is 17.4 Å². The lowest BCUT2D eigenvalue weighted by molar-refractivity contribution is 0.103. The van der Waals surface area contributed by atoms with E-state index in [4.69, 9.17) is 10.00 Å². The number of aromatic nitrogens is 2. The van der Waals surface area contributed by atoms with Gasteiger partial charge < -0.3 is 10.1 Å². The Morgan fingerprint density at radius 1 is 1.15 bits per heavy atom. The number of anilines is 2. The van der Waals surface area contributed by atoms with Crippen molar-refractivity contribution in [3.05, 3.63) is 76.0 Å². The highest BCUT2D eigenvalue weighted by atomic mass is 79.9. The molecule has 0 amide bonds. The average Bonchev–Trinajstić information content (AvgIpc) is 2.69. The van der Waals surface area contributed by atoms with Crippen LogP contribution in [0.3, 0.4) is 0 Å². The van der Waals surface area contributed by atoms with Crippen molar-refractivity contribution in [3.8, 4) is 11.8 Å². The van der Waals surface area contributed by atoms with Gasteiger partial charge in [-0.3, -0.25) is 4.79 Å². The number of nitrogens with one attached hydrogen (secondary N) is 1. The lowest BCUT2D eigenvalue weighted by Gasteiger charge is -2.08. The number of ketones is 1. The number of ether oxygens (including phenoxy) is 1. The van der Waals surface area contributed by atoms with Gasteiger partial charge in [-0.2, -0.15) is 5.26 Å². The number of halogens is 1. The third-order valence-electron chi connectivity index (χ3n) is 3.58. The molecule has 1 aromatic heterocycles. The van der Waals surface area contributed by atoms with E-state index >= 15 is 0 Å². The Morgan fingerprint density at radius 2 is 1.85 bits per heavy atom. The largest absolute Gasteiger partial charge is 0.497 e. The van der Waals surface area contributed by atoms with Crippen LogP contribution in [0.2, 0.25) is 0 Å². The van der Waals surface area contributed by atoms with E-state index in [2.05, 4.69) is 37.3 Å². The molecule has 2 aromatic carbocycles. The Morgan fingerprint density at radius 3 is 2.46 bits per heavy atom. The normalized spacial score (nSPS) is 10.0. The molecule has 1 N–H and O–H groups in total. The molecule has 7 heteroatoms. The molecule has 3 aromatic rings. The van der Waals surface area contributed by atoms with Crippen LogP contribution in [0.5, 0.6) is 5.75 Å². The van der Waals surface area contributed by atoms with E-state index in [0.29, 0.717) is 27.0 Å². The minimum atomic E-state index is -0.232. The van der Waals surface area contributed by atoms with E-state index < -0.39 is 0 Å². The summed E-state index contributed by atoms with van der Waals surface area (Å²) in [6.45, 7) is 0. The summed E-state index contributed by atoms with van der Waals surface area (Å²) in [7, 11) is 1.57. The fourth-order valence-electron chi connectivity index (χ4n) is 2.22. The zero-order chi connectivity index (χ0) is 18.5. The SMILES string of the molecule is COc1ccc(C(=O)c2nc(Nc3ccc(C#N)cc3)ncc2Br)cc1. The van der Waals surface area contributed by atoms with Crippen molar-refractivity contribution in [1.29, 1.82) is 5.26 Å². The van der Waals surface area contributed by atoms with Crippen LogP contribution in [-0.2, 0) is 0 Å². The molecule has 0 unspecified atom stereocenters. The van der Waals surface area contributed by atoms with Crippen LogP contribution in [0.15, 0.2) is 59.2 Å². The quantitative estimate of drug-likeness (QED) is 0.639. The summed E-state index contributed by atoms with van der Waals surface area (Å²) in [5, 5.41) is 11.9. The van der Waals surface area contributed by atoms with Crippen LogP contribution in [0.4, 0.5) is 11.6 Å². The topological polar surface area (TPSA) is 87.9 Å². The zero-order valence-electron chi connectivity index (χ0n) is 13.7. The van der Waals surface area contributed by atoms with Gasteiger partial charge >= 0.3 is 0 Å². The van der Waals surface area contributed by atoms with Gasteiger partial charge in [-0.25, -0.2) is 9.97 Å². The van der Waals surface area contributed by atoms with E-state index in [0.717, 1.165) is 0 Å². The number of nitrogens with zero attached hydrogens (tertiary/aromatic N) is 3. The fourth-order valence-corrected chi connectivity index (χ4v) is 2.59. The summed E-state index contributed by atoms with van der Waals surface area (Å²) in [4.78, 5) is 21.2. The zero-order valence-corrected chi connectivity index (χ0v) is 15.3. The second-order valence-corrected chi connectivity index (χ2v) is 6.12. The van der Waals surface area contributed by atoms with Gasteiger partial charge in [0.15, 0.2) is 0 Å². The maximum Gasteiger partial charge on any atom is 0.227 e.